The van der Waals surface area contributed by atoms with E-state index in [-0.39, 0.29) is 17.0 Å². The first-order valence-corrected chi connectivity index (χ1v) is 4.84. The molecule has 0 radical (unpaired) electrons. The van der Waals surface area contributed by atoms with Gasteiger partial charge < -0.3 is 5.73 Å². The van der Waals surface area contributed by atoms with Crippen molar-refractivity contribution < 1.29 is 0 Å². The van der Waals surface area contributed by atoms with Crippen LogP contribution >= 0.6 is 0 Å². The zero-order chi connectivity index (χ0) is 11.7. The highest BCUT2D eigenvalue weighted by Crippen LogP contribution is 2.08. The van der Waals surface area contributed by atoms with Gasteiger partial charge in [-0.05, 0) is 6.54 Å². The van der Waals surface area contributed by atoms with Crippen LogP contribution in [0.15, 0.2) is 11.1 Å². The van der Waals surface area contributed by atoms with Gasteiger partial charge in [-0.3, -0.25) is 25.4 Å². The van der Waals surface area contributed by atoms with Crippen LogP contribution in [0.1, 0.15) is 13.2 Å². The number of nitrogens with one attached hydrogen (secondary N) is 2. The van der Waals surface area contributed by atoms with Crippen molar-refractivity contribution in [1.82, 2.24) is 24.8 Å². The number of hydrogen-bond acceptors (Lipinski definition) is 6. The van der Waals surface area contributed by atoms with E-state index >= 15 is 0 Å². The minimum absolute atomic E-state index is 0.0444. The second kappa shape index (κ2) is 3.91. The van der Waals surface area contributed by atoms with E-state index in [1.807, 2.05) is 6.92 Å². The van der Waals surface area contributed by atoms with Crippen molar-refractivity contribution in [3.63, 3.8) is 0 Å². The summed E-state index contributed by atoms with van der Waals surface area (Å²) in [5.74, 6) is 0.0444. The number of nitrogens with two attached hydrogens (primary N) is 2. The third-order valence-electron chi connectivity index (χ3n) is 2.16. The van der Waals surface area contributed by atoms with Crippen LogP contribution in [-0.2, 0) is 0 Å². The first-order valence-electron chi connectivity index (χ1n) is 4.84. The average Bonchev–Trinajstić information content (AvgIpc) is 2.61. The molecule has 16 heavy (non-hydrogen) atoms. The number of imidazole rings is 1. The molecule has 2 aromatic heterocycles. The number of rotatable bonds is 3. The number of nitrogens with zero attached hydrogens (tertiary/aromatic N) is 3. The summed E-state index contributed by atoms with van der Waals surface area (Å²) in [6, 6.07) is 0. The van der Waals surface area contributed by atoms with Crippen LogP contribution in [0.4, 0.5) is 5.95 Å². The molecule has 2 rings (SSSR count). The van der Waals surface area contributed by atoms with Gasteiger partial charge in [0.15, 0.2) is 11.2 Å². The van der Waals surface area contributed by atoms with Crippen LogP contribution in [0.25, 0.3) is 11.2 Å². The van der Waals surface area contributed by atoms with E-state index in [1.54, 1.807) is 4.57 Å². The van der Waals surface area contributed by atoms with Gasteiger partial charge in [0, 0.05) is 0 Å². The molecule has 2 aromatic rings. The number of nitrogen functional groups attached to an aromatic ring is 1. The summed E-state index contributed by atoms with van der Waals surface area (Å²) >= 11 is 0. The monoisotopic (exact) mass is 223 g/mol. The maximum Gasteiger partial charge on any atom is 0.280 e. The number of fused-ring (bicyclic) bond motifs is 1. The zero-order valence-corrected chi connectivity index (χ0v) is 8.77. The Bertz CT molecular complexity index is 557. The standard InChI is InChI=1S/C8H13N7O/c1-2-11-8(10)15-3-12-4-5(15)13-7(9)14-6(4)16/h3,8,11H,2,10H2,1H3,(H3,9,13,14,16). The van der Waals surface area contributed by atoms with Gasteiger partial charge in [0.05, 0.1) is 6.33 Å². The fourth-order valence-corrected chi connectivity index (χ4v) is 1.45. The van der Waals surface area contributed by atoms with Gasteiger partial charge in [-0.25, -0.2) is 4.98 Å². The molecule has 0 saturated heterocycles. The normalized spacial score (nSPS) is 13.1. The predicted octanol–water partition coefficient (Wildman–Crippen LogP) is -1.27. The molecule has 1 atom stereocenters. The summed E-state index contributed by atoms with van der Waals surface area (Å²) in [6.45, 7) is 2.62. The van der Waals surface area contributed by atoms with E-state index in [2.05, 4.69) is 20.3 Å². The minimum Gasteiger partial charge on any atom is -0.369 e. The number of H-pyrrole nitrogens is 1. The van der Waals surface area contributed by atoms with Crippen LogP contribution in [0.5, 0.6) is 0 Å². The first kappa shape index (κ1) is 10.6. The molecular weight excluding hydrogens is 210 g/mol. The molecule has 0 spiro atoms. The van der Waals surface area contributed by atoms with Crippen LogP contribution in [0, 0.1) is 0 Å². The maximum absolute atomic E-state index is 11.5. The molecule has 86 valence electrons. The first-order chi connectivity index (χ1) is 7.63. The maximum atomic E-state index is 11.5. The SMILES string of the molecule is CCNC(N)n1cnc2c(=O)[nH]c(N)nc21. The summed E-state index contributed by atoms with van der Waals surface area (Å²) in [5, 5.41) is 2.99. The second-order valence-corrected chi connectivity index (χ2v) is 3.28. The summed E-state index contributed by atoms with van der Waals surface area (Å²) in [6.07, 6.45) is 0.975. The zero-order valence-electron chi connectivity index (χ0n) is 8.77. The Morgan fingerprint density at radius 3 is 3.12 bits per heavy atom. The number of aromatic nitrogens is 4. The number of hydrogen-bond donors (Lipinski definition) is 4. The molecule has 0 aliphatic heterocycles. The molecule has 8 nitrogen and oxygen atoms in total. The second-order valence-electron chi connectivity index (χ2n) is 3.28. The van der Waals surface area contributed by atoms with Gasteiger partial charge in [0.2, 0.25) is 5.95 Å². The van der Waals surface area contributed by atoms with E-state index in [0.717, 1.165) is 0 Å². The van der Waals surface area contributed by atoms with E-state index in [0.29, 0.717) is 12.2 Å². The summed E-state index contributed by atoms with van der Waals surface area (Å²) < 4.78 is 1.56. The third kappa shape index (κ3) is 1.64. The molecule has 2 heterocycles. The highest BCUT2D eigenvalue weighted by atomic mass is 16.1. The molecular formula is C8H13N7O. The molecule has 0 fully saturated rings. The fourth-order valence-electron chi connectivity index (χ4n) is 1.45. The van der Waals surface area contributed by atoms with E-state index in [4.69, 9.17) is 11.5 Å². The Kier molecular flexibility index (Phi) is 2.59. The molecule has 0 aliphatic rings. The Morgan fingerprint density at radius 1 is 1.69 bits per heavy atom. The Morgan fingerprint density at radius 2 is 2.44 bits per heavy atom. The van der Waals surface area contributed by atoms with E-state index in [9.17, 15) is 4.79 Å². The molecule has 0 aliphatic carbocycles. The lowest BCUT2D eigenvalue weighted by atomic mass is 10.5. The van der Waals surface area contributed by atoms with Gasteiger partial charge >= 0.3 is 0 Å². The van der Waals surface area contributed by atoms with Gasteiger partial charge in [-0.15, -0.1) is 0 Å². The van der Waals surface area contributed by atoms with Crippen LogP contribution < -0.4 is 22.3 Å². The van der Waals surface area contributed by atoms with Crippen LogP contribution in [-0.4, -0.2) is 26.1 Å². The van der Waals surface area contributed by atoms with Crippen molar-refractivity contribution in [2.75, 3.05) is 12.3 Å². The van der Waals surface area contributed by atoms with Crippen LogP contribution in [0.2, 0.25) is 0 Å². The molecule has 1 unspecified atom stereocenters. The summed E-state index contributed by atoms with van der Waals surface area (Å²) in [5.41, 5.74) is 11.5. The van der Waals surface area contributed by atoms with Crippen molar-refractivity contribution >= 4 is 17.1 Å². The van der Waals surface area contributed by atoms with Crippen LogP contribution in [0.3, 0.4) is 0 Å². The topological polar surface area (TPSA) is 128 Å². The lowest BCUT2D eigenvalue weighted by Gasteiger charge is -2.13. The molecule has 0 amide bonds. The van der Waals surface area contributed by atoms with Gasteiger partial charge in [0.25, 0.3) is 5.56 Å². The smallest absolute Gasteiger partial charge is 0.280 e. The Balaban J connectivity index is 2.60. The highest BCUT2D eigenvalue weighted by Gasteiger charge is 2.12. The van der Waals surface area contributed by atoms with Gasteiger partial charge in [-0.2, -0.15) is 4.98 Å². The lowest BCUT2D eigenvalue weighted by Crippen LogP contribution is -2.33. The number of aromatic amines is 1. The van der Waals surface area contributed by atoms with E-state index < -0.39 is 6.29 Å². The predicted molar refractivity (Wildman–Crippen MR) is 59.5 cm³/mol. The lowest BCUT2D eigenvalue weighted by molar-refractivity contribution is 0.436. The largest absolute Gasteiger partial charge is 0.369 e. The van der Waals surface area contributed by atoms with Crippen molar-refractivity contribution in [2.45, 2.75) is 13.2 Å². The van der Waals surface area contributed by atoms with Gasteiger partial charge in [0.1, 0.15) is 6.29 Å². The quantitative estimate of drug-likeness (QED) is 0.480. The molecule has 6 N–H and O–H groups in total. The number of anilines is 1. The summed E-state index contributed by atoms with van der Waals surface area (Å²) in [7, 11) is 0. The van der Waals surface area contributed by atoms with Crippen molar-refractivity contribution in [2.24, 2.45) is 5.73 Å². The van der Waals surface area contributed by atoms with Crippen molar-refractivity contribution in [1.29, 1.82) is 0 Å². The molecule has 0 bridgehead atoms. The highest BCUT2D eigenvalue weighted by molar-refractivity contribution is 5.70. The molecule has 8 heteroatoms. The van der Waals surface area contributed by atoms with Crippen molar-refractivity contribution in [3.8, 4) is 0 Å². The van der Waals surface area contributed by atoms with E-state index in [1.165, 1.54) is 6.33 Å². The molecule has 0 saturated carbocycles. The van der Waals surface area contributed by atoms with Gasteiger partial charge in [-0.1, -0.05) is 6.92 Å². The average molecular weight is 223 g/mol. The van der Waals surface area contributed by atoms with Crippen molar-refractivity contribution in [3.05, 3.63) is 16.7 Å². The molecule has 0 aromatic carbocycles. The fraction of sp³-hybridized carbons (Fsp3) is 0.375. The Hall–Kier alpha value is -1.93. The summed E-state index contributed by atoms with van der Waals surface area (Å²) in [4.78, 5) is 21.8. The Labute approximate surface area is 90.7 Å². The minimum atomic E-state index is -0.483. The third-order valence-corrected chi connectivity index (χ3v) is 2.16.